The molecule has 0 amide bonds. The standard InChI is InChI=1S/C27H32BrN5/c1-3-8-23(13-5-4-10-21-11-6-9-20(2)15-21)25-16-26(30-18-22-12-7-14-29-17-22)33-27(32-25)24(28)19-31-33/h6-7,9,11-12,14-17,19,23,30H,3-5,8,10,13,18H2,1-2H3. The smallest absolute Gasteiger partial charge is 0.171 e. The summed E-state index contributed by atoms with van der Waals surface area (Å²) >= 11 is 3.63. The second kappa shape index (κ2) is 11.4. The van der Waals surface area contributed by atoms with E-state index in [9.17, 15) is 0 Å². The van der Waals surface area contributed by atoms with Crippen molar-refractivity contribution in [1.82, 2.24) is 19.6 Å². The van der Waals surface area contributed by atoms with Crippen LogP contribution in [0.4, 0.5) is 5.82 Å². The molecule has 172 valence electrons. The molecule has 33 heavy (non-hydrogen) atoms. The number of hydrogen-bond acceptors (Lipinski definition) is 4. The predicted molar refractivity (Wildman–Crippen MR) is 139 cm³/mol. The second-order valence-electron chi connectivity index (χ2n) is 8.73. The molecular weight excluding hydrogens is 474 g/mol. The van der Waals surface area contributed by atoms with E-state index in [1.165, 1.54) is 24.0 Å². The fourth-order valence-electron chi connectivity index (χ4n) is 4.36. The number of halogens is 1. The summed E-state index contributed by atoms with van der Waals surface area (Å²) in [6.45, 7) is 5.12. The maximum atomic E-state index is 5.02. The van der Waals surface area contributed by atoms with Crippen LogP contribution in [0.2, 0.25) is 0 Å². The molecule has 1 unspecified atom stereocenters. The molecule has 0 saturated carbocycles. The Hall–Kier alpha value is -2.73. The third-order valence-electron chi connectivity index (χ3n) is 6.05. The van der Waals surface area contributed by atoms with Crippen molar-refractivity contribution in [1.29, 1.82) is 0 Å². The molecule has 0 saturated heterocycles. The molecule has 0 spiro atoms. The summed E-state index contributed by atoms with van der Waals surface area (Å²) in [6.07, 6.45) is 12.5. The monoisotopic (exact) mass is 505 g/mol. The largest absolute Gasteiger partial charge is 0.366 e. The molecule has 6 heteroatoms. The zero-order chi connectivity index (χ0) is 23.0. The van der Waals surface area contributed by atoms with Gasteiger partial charge in [0.1, 0.15) is 5.82 Å². The molecule has 0 aliphatic heterocycles. The number of anilines is 1. The van der Waals surface area contributed by atoms with E-state index in [2.05, 4.69) is 81.6 Å². The molecule has 0 aliphatic rings. The average Bonchev–Trinajstić information content (AvgIpc) is 3.21. The van der Waals surface area contributed by atoms with Crippen LogP contribution in [0.15, 0.2) is 65.5 Å². The van der Waals surface area contributed by atoms with Crippen molar-refractivity contribution in [3.8, 4) is 0 Å². The fourth-order valence-corrected chi connectivity index (χ4v) is 4.71. The molecule has 5 nitrogen and oxygen atoms in total. The Labute approximate surface area is 204 Å². The van der Waals surface area contributed by atoms with E-state index in [4.69, 9.17) is 4.98 Å². The van der Waals surface area contributed by atoms with Crippen LogP contribution in [0.1, 0.15) is 67.3 Å². The highest BCUT2D eigenvalue weighted by molar-refractivity contribution is 9.10. The minimum Gasteiger partial charge on any atom is -0.366 e. The SMILES string of the molecule is CCCC(CCCCc1cccc(C)c1)c1cc(NCc2cccnc2)n2ncc(Br)c2n1. The van der Waals surface area contributed by atoms with E-state index < -0.39 is 0 Å². The Morgan fingerprint density at radius 1 is 1.03 bits per heavy atom. The maximum absolute atomic E-state index is 5.02. The fraction of sp³-hybridized carbons (Fsp3) is 0.370. The maximum Gasteiger partial charge on any atom is 0.171 e. The van der Waals surface area contributed by atoms with Gasteiger partial charge in [0.2, 0.25) is 0 Å². The van der Waals surface area contributed by atoms with Gasteiger partial charge in [-0.2, -0.15) is 9.61 Å². The van der Waals surface area contributed by atoms with Gasteiger partial charge < -0.3 is 5.32 Å². The van der Waals surface area contributed by atoms with Gasteiger partial charge >= 0.3 is 0 Å². The Balaban J connectivity index is 1.49. The lowest BCUT2D eigenvalue weighted by Gasteiger charge is -2.18. The van der Waals surface area contributed by atoms with Crippen molar-refractivity contribution in [2.45, 2.75) is 64.8 Å². The lowest BCUT2D eigenvalue weighted by atomic mass is 9.92. The third-order valence-corrected chi connectivity index (χ3v) is 6.61. The van der Waals surface area contributed by atoms with E-state index in [0.717, 1.165) is 52.9 Å². The second-order valence-corrected chi connectivity index (χ2v) is 9.58. The van der Waals surface area contributed by atoms with E-state index in [1.54, 1.807) is 6.20 Å². The van der Waals surface area contributed by atoms with E-state index in [-0.39, 0.29) is 0 Å². The number of hydrogen-bond donors (Lipinski definition) is 1. The number of nitrogens with one attached hydrogen (secondary N) is 1. The molecule has 0 radical (unpaired) electrons. The molecule has 4 rings (SSSR count). The highest BCUT2D eigenvalue weighted by Crippen LogP contribution is 2.30. The molecule has 1 N–H and O–H groups in total. The van der Waals surface area contributed by atoms with Crippen LogP contribution in [-0.4, -0.2) is 19.6 Å². The predicted octanol–water partition coefficient (Wildman–Crippen LogP) is 7.10. The van der Waals surface area contributed by atoms with Crippen LogP contribution >= 0.6 is 15.9 Å². The Morgan fingerprint density at radius 3 is 2.70 bits per heavy atom. The molecule has 4 aromatic rings. The summed E-state index contributed by atoms with van der Waals surface area (Å²) in [6, 6.07) is 15.1. The molecule has 0 bridgehead atoms. The summed E-state index contributed by atoms with van der Waals surface area (Å²) in [4.78, 5) is 9.24. The lowest BCUT2D eigenvalue weighted by Crippen LogP contribution is -2.10. The van der Waals surface area contributed by atoms with Gasteiger partial charge in [-0.15, -0.1) is 0 Å². The van der Waals surface area contributed by atoms with Crippen molar-refractivity contribution >= 4 is 27.4 Å². The molecule has 1 aromatic carbocycles. The van der Waals surface area contributed by atoms with Gasteiger partial charge in [-0.3, -0.25) is 4.98 Å². The van der Waals surface area contributed by atoms with Crippen LogP contribution < -0.4 is 5.32 Å². The number of aromatic nitrogens is 4. The van der Waals surface area contributed by atoms with Crippen LogP contribution in [0.3, 0.4) is 0 Å². The van der Waals surface area contributed by atoms with Crippen molar-refractivity contribution in [3.05, 3.63) is 87.9 Å². The molecular formula is C27H32BrN5. The van der Waals surface area contributed by atoms with E-state index in [1.807, 2.05) is 23.0 Å². The van der Waals surface area contributed by atoms with Crippen molar-refractivity contribution < 1.29 is 0 Å². The Kier molecular flexibility index (Phi) is 8.10. The van der Waals surface area contributed by atoms with Crippen LogP contribution in [0.5, 0.6) is 0 Å². The van der Waals surface area contributed by atoms with Crippen LogP contribution in [-0.2, 0) is 13.0 Å². The summed E-state index contributed by atoms with van der Waals surface area (Å²) in [5, 5.41) is 8.07. The number of nitrogens with zero attached hydrogens (tertiary/aromatic N) is 4. The van der Waals surface area contributed by atoms with Gasteiger partial charge in [0.15, 0.2) is 5.65 Å². The number of fused-ring (bicyclic) bond motifs is 1. The van der Waals surface area contributed by atoms with Gasteiger partial charge in [0.05, 0.1) is 10.7 Å². The number of pyridine rings is 1. The topological polar surface area (TPSA) is 55.1 Å². The number of aryl methyl sites for hydroxylation is 2. The minimum atomic E-state index is 0.443. The number of benzene rings is 1. The molecule has 3 heterocycles. The first-order valence-corrected chi connectivity index (χ1v) is 12.7. The van der Waals surface area contributed by atoms with Crippen molar-refractivity contribution in [2.75, 3.05) is 5.32 Å². The first kappa shape index (κ1) is 23.4. The summed E-state index contributed by atoms with van der Waals surface area (Å²) < 4.78 is 2.80. The molecule has 0 aliphatic carbocycles. The van der Waals surface area contributed by atoms with E-state index in [0.29, 0.717) is 12.5 Å². The summed E-state index contributed by atoms with van der Waals surface area (Å²) in [5.74, 6) is 1.41. The Bertz CT molecular complexity index is 1170. The lowest BCUT2D eigenvalue weighted by molar-refractivity contribution is 0.522. The summed E-state index contributed by atoms with van der Waals surface area (Å²) in [5.41, 5.74) is 5.92. The van der Waals surface area contributed by atoms with Crippen LogP contribution in [0.25, 0.3) is 5.65 Å². The average molecular weight is 506 g/mol. The highest BCUT2D eigenvalue weighted by atomic mass is 79.9. The third kappa shape index (κ3) is 6.20. The number of unbranched alkanes of at least 4 members (excludes halogenated alkanes) is 1. The van der Waals surface area contributed by atoms with E-state index >= 15 is 0 Å². The number of rotatable bonds is 11. The van der Waals surface area contributed by atoms with Gasteiger partial charge in [-0.05, 0) is 65.7 Å². The quantitative estimate of drug-likeness (QED) is 0.221. The minimum absolute atomic E-state index is 0.443. The molecule has 1 atom stereocenters. The first-order valence-electron chi connectivity index (χ1n) is 11.9. The first-order chi connectivity index (χ1) is 16.1. The van der Waals surface area contributed by atoms with Gasteiger partial charge in [0.25, 0.3) is 0 Å². The summed E-state index contributed by atoms with van der Waals surface area (Å²) in [7, 11) is 0. The highest BCUT2D eigenvalue weighted by Gasteiger charge is 2.17. The Morgan fingerprint density at radius 2 is 1.91 bits per heavy atom. The zero-order valence-corrected chi connectivity index (χ0v) is 21.1. The van der Waals surface area contributed by atoms with Gasteiger partial charge in [-0.1, -0.05) is 55.7 Å². The van der Waals surface area contributed by atoms with Gasteiger partial charge in [-0.25, -0.2) is 4.98 Å². The van der Waals surface area contributed by atoms with Gasteiger partial charge in [0, 0.05) is 36.6 Å². The van der Waals surface area contributed by atoms with Crippen molar-refractivity contribution in [2.24, 2.45) is 0 Å². The normalized spacial score (nSPS) is 12.2. The molecule has 0 fully saturated rings. The molecule has 3 aromatic heterocycles. The van der Waals surface area contributed by atoms with Crippen LogP contribution in [0, 0.1) is 6.92 Å². The van der Waals surface area contributed by atoms with Crippen molar-refractivity contribution in [3.63, 3.8) is 0 Å². The zero-order valence-electron chi connectivity index (χ0n) is 19.5.